The quantitative estimate of drug-likeness (QED) is 0.714. The summed E-state index contributed by atoms with van der Waals surface area (Å²) < 4.78 is 5.57. The molecule has 0 saturated heterocycles. The van der Waals surface area contributed by atoms with E-state index in [4.69, 9.17) is 4.74 Å². The van der Waals surface area contributed by atoms with Crippen molar-refractivity contribution in [2.24, 2.45) is 5.92 Å². The van der Waals surface area contributed by atoms with Gasteiger partial charge in [-0.25, -0.2) is 0 Å². The Kier molecular flexibility index (Phi) is 5.43. The van der Waals surface area contributed by atoms with Crippen LogP contribution >= 0.6 is 0 Å². The monoisotopic (exact) mass is 260 g/mol. The van der Waals surface area contributed by atoms with Crippen LogP contribution < -0.4 is 5.32 Å². The SMILES string of the molecule is CC(C)CCOCCNCc1ccc2cc[nH]c2c1. The van der Waals surface area contributed by atoms with Crippen molar-refractivity contribution in [3.8, 4) is 0 Å². The highest BCUT2D eigenvalue weighted by Crippen LogP contribution is 2.13. The number of aromatic amines is 1. The first kappa shape index (κ1) is 14.1. The Bertz CT molecular complexity index is 490. The van der Waals surface area contributed by atoms with E-state index in [0.717, 1.165) is 38.6 Å². The Hall–Kier alpha value is -1.32. The first-order chi connectivity index (χ1) is 9.25. The second-order valence-corrected chi connectivity index (χ2v) is 5.37. The second kappa shape index (κ2) is 7.31. The van der Waals surface area contributed by atoms with Crippen LogP contribution in [-0.2, 0) is 11.3 Å². The molecule has 2 aromatic rings. The average molecular weight is 260 g/mol. The molecule has 0 bridgehead atoms. The molecular formula is C16H24N2O. The van der Waals surface area contributed by atoms with E-state index < -0.39 is 0 Å². The fraction of sp³-hybridized carbons (Fsp3) is 0.500. The third kappa shape index (κ3) is 4.69. The molecule has 0 saturated carbocycles. The molecule has 0 radical (unpaired) electrons. The van der Waals surface area contributed by atoms with Crippen LogP contribution in [0.5, 0.6) is 0 Å². The molecular weight excluding hydrogens is 236 g/mol. The van der Waals surface area contributed by atoms with Crippen molar-refractivity contribution >= 4 is 10.9 Å². The van der Waals surface area contributed by atoms with E-state index in [1.165, 1.54) is 16.5 Å². The van der Waals surface area contributed by atoms with Gasteiger partial charge in [0.25, 0.3) is 0 Å². The lowest BCUT2D eigenvalue weighted by molar-refractivity contribution is 0.125. The van der Waals surface area contributed by atoms with Gasteiger partial charge in [-0.3, -0.25) is 0 Å². The summed E-state index contributed by atoms with van der Waals surface area (Å²) in [4.78, 5) is 3.24. The largest absolute Gasteiger partial charge is 0.380 e. The van der Waals surface area contributed by atoms with Gasteiger partial charge >= 0.3 is 0 Å². The van der Waals surface area contributed by atoms with Gasteiger partial charge in [-0.05, 0) is 35.4 Å². The van der Waals surface area contributed by atoms with E-state index in [9.17, 15) is 0 Å². The molecule has 0 aliphatic carbocycles. The van der Waals surface area contributed by atoms with Crippen LogP contribution in [-0.4, -0.2) is 24.7 Å². The topological polar surface area (TPSA) is 37.0 Å². The summed E-state index contributed by atoms with van der Waals surface area (Å²) in [7, 11) is 0. The van der Waals surface area contributed by atoms with Crippen molar-refractivity contribution in [1.82, 2.24) is 10.3 Å². The molecule has 0 atom stereocenters. The number of H-pyrrole nitrogens is 1. The minimum Gasteiger partial charge on any atom is -0.380 e. The zero-order valence-electron chi connectivity index (χ0n) is 11.9. The molecule has 0 aliphatic heterocycles. The molecule has 0 unspecified atom stereocenters. The molecule has 1 aromatic heterocycles. The van der Waals surface area contributed by atoms with E-state index >= 15 is 0 Å². The molecule has 0 spiro atoms. The Morgan fingerprint density at radius 3 is 2.95 bits per heavy atom. The molecule has 1 aromatic carbocycles. The van der Waals surface area contributed by atoms with Crippen molar-refractivity contribution in [2.45, 2.75) is 26.8 Å². The standard InChI is InChI=1S/C16H24N2O/c1-13(2)6-9-19-10-8-17-12-14-3-4-15-5-7-18-16(15)11-14/h3-5,7,11,13,17-18H,6,8-10,12H2,1-2H3. The highest BCUT2D eigenvalue weighted by atomic mass is 16.5. The van der Waals surface area contributed by atoms with E-state index in [-0.39, 0.29) is 0 Å². The summed E-state index contributed by atoms with van der Waals surface area (Å²) in [6, 6.07) is 8.61. The molecule has 3 heteroatoms. The molecule has 0 fully saturated rings. The number of hydrogen-bond acceptors (Lipinski definition) is 2. The number of hydrogen-bond donors (Lipinski definition) is 2. The van der Waals surface area contributed by atoms with Crippen molar-refractivity contribution in [3.05, 3.63) is 36.0 Å². The van der Waals surface area contributed by atoms with Gasteiger partial charge in [-0.15, -0.1) is 0 Å². The fourth-order valence-electron chi connectivity index (χ4n) is 2.00. The van der Waals surface area contributed by atoms with Crippen molar-refractivity contribution in [1.29, 1.82) is 0 Å². The lowest BCUT2D eigenvalue weighted by Gasteiger charge is -2.08. The maximum absolute atomic E-state index is 5.57. The van der Waals surface area contributed by atoms with E-state index in [2.05, 4.69) is 48.4 Å². The number of benzene rings is 1. The number of rotatable bonds is 8. The zero-order valence-corrected chi connectivity index (χ0v) is 11.9. The highest BCUT2D eigenvalue weighted by Gasteiger charge is 1.97. The van der Waals surface area contributed by atoms with Crippen LogP contribution in [0.2, 0.25) is 0 Å². The number of aromatic nitrogens is 1. The number of ether oxygens (including phenoxy) is 1. The second-order valence-electron chi connectivity index (χ2n) is 5.37. The van der Waals surface area contributed by atoms with Crippen LogP contribution in [0, 0.1) is 5.92 Å². The fourth-order valence-corrected chi connectivity index (χ4v) is 2.00. The van der Waals surface area contributed by atoms with E-state index in [0.29, 0.717) is 0 Å². The Morgan fingerprint density at radius 1 is 1.21 bits per heavy atom. The average Bonchev–Trinajstić information content (AvgIpc) is 2.84. The van der Waals surface area contributed by atoms with Crippen LogP contribution in [0.3, 0.4) is 0 Å². The Labute approximate surface area is 115 Å². The molecule has 0 aliphatic rings. The van der Waals surface area contributed by atoms with E-state index in [1.807, 2.05) is 6.20 Å². The third-order valence-corrected chi connectivity index (χ3v) is 3.21. The van der Waals surface area contributed by atoms with Crippen LogP contribution in [0.25, 0.3) is 10.9 Å². The molecule has 1 heterocycles. The Balaban J connectivity index is 1.62. The summed E-state index contributed by atoms with van der Waals surface area (Å²) in [5, 5.41) is 4.67. The van der Waals surface area contributed by atoms with Gasteiger partial charge < -0.3 is 15.0 Å². The predicted octanol–water partition coefficient (Wildman–Crippen LogP) is 3.32. The Morgan fingerprint density at radius 2 is 2.11 bits per heavy atom. The van der Waals surface area contributed by atoms with Gasteiger partial charge in [0.05, 0.1) is 6.61 Å². The minimum absolute atomic E-state index is 0.723. The van der Waals surface area contributed by atoms with Crippen molar-refractivity contribution < 1.29 is 4.74 Å². The molecule has 2 N–H and O–H groups in total. The molecule has 19 heavy (non-hydrogen) atoms. The maximum Gasteiger partial charge on any atom is 0.0591 e. The van der Waals surface area contributed by atoms with Gasteiger partial charge in [0, 0.05) is 31.4 Å². The summed E-state index contributed by atoms with van der Waals surface area (Å²) in [6.07, 6.45) is 3.12. The summed E-state index contributed by atoms with van der Waals surface area (Å²) in [5.74, 6) is 0.723. The van der Waals surface area contributed by atoms with Crippen molar-refractivity contribution in [3.63, 3.8) is 0 Å². The van der Waals surface area contributed by atoms with Gasteiger partial charge in [0.2, 0.25) is 0 Å². The summed E-state index contributed by atoms with van der Waals surface area (Å²) in [6.45, 7) is 7.89. The highest BCUT2D eigenvalue weighted by molar-refractivity contribution is 5.79. The van der Waals surface area contributed by atoms with Gasteiger partial charge in [0.1, 0.15) is 0 Å². The molecule has 104 valence electrons. The van der Waals surface area contributed by atoms with E-state index in [1.54, 1.807) is 0 Å². The molecule has 3 nitrogen and oxygen atoms in total. The van der Waals surface area contributed by atoms with Gasteiger partial charge in [0.15, 0.2) is 0 Å². The minimum atomic E-state index is 0.723. The normalized spacial score (nSPS) is 11.5. The first-order valence-corrected chi connectivity index (χ1v) is 7.10. The van der Waals surface area contributed by atoms with Crippen LogP contribution in [0.15, 0.2) is 30.5 Å². The van der Waals surface area contributed by atoms with Crippen LogP contribution in [0.1, 0.15) is 25.8 Å². The summed E-state index contributed by atoms with van der Waals surface area (Å²) in [5.41, 5.74) is 2.50. The zero-order chi connectivity index (χ0) is 13.5. The van der Waals surface area contributed by atoms with Gasteiger partial charge in [-0.1, -0.05) is 26.0 Å². The van der Waals surface area contributed by atoms with Crippen molar-refractivity contribution in [2.75, 3.05) is 19.8 Å². The third-order valence-electron chi connectivity index (χ3n) is 3.21. The van der Waals surface area contributed by atoms with Gasteiger partial charge in [-0.2, -0.15) is 0 Å². The first-order valence-electron chi connectivity index (χ1n) is 7.10. The number of fused-ring (bicyclic) bond motifs is 1. The maximum atomic E-state index is 5.57. The lowest BCUT2D eigenvalue weighted by atomic mass is 10.1. The lowest BCUT2D eigenvalue weighted by Crippen LogP contribution is -2.19. The molecule has 2 rings (SSSR count). The predicted molar refractivity (Wildman–Crippen MR) is 80.3 cm³/mol. The smallest absolute Gasteiger partial charge is 0.0591 e. The summed E-state index contributed by atoms with van der Waals surface area (Å²) >= 11 is 0. The van der Waals surface area contributed by atoms with Crippen LogP contribution in [0.4, 0.5) is 0 Å². The number of nitrogens with one attached hydrogen (secondary N) is 2. The molecule has 0 amide bonds.